The van der Waals surface area contributed by atoms with E-state index in [9.17, 15) is 0 Å². The summed E-state index contributed by atoms with van der Waals surface area (Å²) in [5.74, 6) is 1.14. The van der Waals surface area contributed by atoms with E-state index >= 15 is 0 Å². The van der Waals surface area contributed by atoms with E-state index in [4.69, 9.17) is 15.2 Å². The van der Waals surface area contributed by atoms with Gasteiger partial charge in [-0.1, -0.05) is 6.07 Å². The molecule has 0 amide bonds. The Hall–Kier alpha value is -1.22. The Kier molecular flexibility index (Phi) is 1.82. The molecule has 2 N–H and O–H groups in total. The summed E-state index contributed by atoms with van der Waals surface area (Å²) < 4.78 is 11.4. The lowest BCUT2D eigenvalue weighted by Crippen LogP contribution is -2.29. The lowest BCUT2D eigenvalue weighted by Gasteiger charge is -2.16. The number of fused-ring (bicyclic) bond motifs is 1. The Balaban J connectivity index is 1.97. The van der Waals surface area contributed by atoms with E-state index in [0.29, 0.717) is 0 Å². The normalized spacial score (nSPS) is 23.2. The summed E-state index contributed by atoms with van der Waals surface area (Å²) in [7, 11) is 0. The molecule has 0 unspecified atom stereocenters. The average molecular weight is 219 g/mol. The van der Waals surface area contributed by atoms with E-state index in [1.807, 2.05) is 19.9 Å². The van der Waals surface area contributed by atoms with Gasteiger partial charge in [-0.15, -0.1) is 0 Å². The average Bonchev–Trinajstić information content (AvgIpc) is 2.95. The molecule has 2 aliphatic rings. The van der Waals surface area contributed by atoms with Crippen LogP contribution in [0.15, 0.2) is 18.2 Å². The van der Waals surface area contributed by atoms with Gasteiger partial charge in [-0.2, -0.15) is 0 Å². The van der Waals surface area contributed by atoms with E-state index in [2.05, 4.69) is 12.1 Å². The molecule has 3 nitrogen and oxygen atoms in total. The third kappa shape index (κ3) is 1.39. The Bertz CT molecular complexity index is 436. The van der Waals surface area contributed by atoms with Crippen LogP contribution in [0.3, 0.4) is 0 Å². The lowest BCUT2D eigenvalue weighted by atomic mass is 9.96. The maximum Gasteiger partial charge on any atom is 0.246 e. The number of hydrogen-bond donors (Lipinski definition) is 1. The highest BCUT2D eigenvalue weighted by Gasteiger charge is 2.44. The Labute approximate surface area is 95.5 Å². The van der Waals surface area contributed by atoms with Crippen molar-refractivity contribution in [2.24, 2.45) is 5.73 Å². The summed E-state index contributed by atoms with van der Waals surface area (Å²) in [5.41, 5.74) is 7.33. The smallest absolute Gasteiger partial charge is 0.246 e. The quantitative estimate of drug-likeness (QED) is 0.829. The van der Waals surface area contributed by atoms with Crippen LogP contribution in [0.4, 0.5) is 0 Å². The summed E-state index contributed by atoms with van der Waals surface area (Å²) >= 11 is 0. The van der Waals surface area contributed by atoms with Gasteiger partial charge in [0, 0.05) is 25.8 Å². The van der Waals surface area contributed by atoms with Crippen LogP contribution in [0.1, 0.15) is 32.3 Å². The second-order valence-corrected chi connectivity index (χ2v) is 5.25. The lowest BCUT2D eigenvalue weighted by molar-refractivity contribution is -0.0431. The number of benzene rings is 1. The van der Waals surface area contributed by atoms with Crippen molar-refractivity contribution in [2.75, 3.05) is 6.54 Å². The van der Waals surface area contributed by atoms with Gasteiger partial charge in [-0.25, -0.2) is 0 Å². The van der Waals surface area contributed by atoms with Crippen LogP contribution >= 0.6 is 0 Å². The van der Waals surface area contributed by atoms with Gasteiger partial charge in [0.05, 0.1) is 0 Å². The highest BCUT2D eigenvalue weighted by Crippen LogP contribution is 2.50. The van der Waals surface area contributed by atoms with Crippen molar-refractivity contribution in [3.8, 4) is 11.5 Å². The largest absolute Gasteiger partial charge is 0.449 e. The van der Waals surface area contributed by atoms with Crippen LogP contribution in [-0.4, -0.2) is 12.3 Å². The van der Waals surface area contributed by atoms with Crippen molar-refractivity contribution in [1.82, 2.24) is 0 Å². The fourth-order valence-electron chi connectivity index (χ4n) is 2.31. The van der Waals surface area contributed by atoms with Crippen molar-refractivity contribution in [1.29, 1.82) is 0 Å². The first-order chi connectivity index (χ1) is 7.55. The molecular formula is C13H17NO2. The highest BCUT2D eigenvalue weighted by atomic mass is 16.7. The van der Waals surface area contributed by atoms with Crippen LogP contribution in [-0.2, 0) is 5.41 Å². The molecule has 0 spiro atoms. The molecule has 1 heterocycles. The SMILES string of the molecule is CC1(C)Oc2ccc(C3(CN)CC3)cc2O1. The summed E-state index contributed by atoms with van der Waals surface area (Å²) in [4.78, 5) is 0. The van der Waals surface area contributed by atoms with Gasteiger partial charge in [-0.3, -0.25) is 0 Å². The Morgan fingerprint density at radius 3 is 2.50 bits per heavy atom. The van der Waals surface area contributed by atoms with Crippen LogP contribution in [0, 0.1) is 0 Å². The molecule has 3 heteroatoms. The standard InChI is InChI=1S/C13H17NO2/c1-12(2)15-10-4-3-9(7-11(10)16-12)13(8-14)5-6-13/h3-4,7H,5-6,8,14H2,1-2H3. The zero-order valence-corrected chi connectivity index (χ0v) is 9.75. The minimum Gasteiger partial charge on any atom is -0.449 e. The summed E-state index contributed by atoms with van der Waals surface area (Å²) in [5, 5.41) is 0. The first-order valence-electron chi connectivity index (χ1n) is 5.77. The van der Waals surface area contributed by atoms with Crippen LogP contribution in [0.2, 0.25) is 0 Å². The molecule has 0 aromatic heterocycles. The molecule has 3 rings (SSSR count). The predicted octanol–water partition coefficient (Wildman–Crippen LogP) is 2.18. The monoisotopic (exact) mass is 219 g/mol. The maximum absolute atomic E-state index is 5.83. The molecule has 1 aromatic rings. The molecule has 1 saturated carbocycles. The topological polar surface area (TPSA) is 44.5 Å². The molecule has 0 saturated heterocycles. The van der Waals surface area contributed by atoms with Gasteiger partial charge >= 0.3 is 0 Å². The molecule has 0 atom stereocenters. The minimum absolute atomic E-state index is 0.213. The zero-order valence-electron chi connectivity index (χ0n) is 9.75. The zero-order chi connectivity index (χ0) is 11.4. The number of nitrogens with two attached hydrogens (primary N) is 1. The van der Waals surface area contributed by atoms with Crippen LogP contribution < -0.4 is 15.2 Å². The van der Waals surface area contributed by atoms with Crippen LogP contribution in [0.5, 0.6) is 11.5 Å². The van der Waals surface area contributed by atoms with E-state index in [0.717, 1.165) is 18.0 Å². The van der Waals surface area contributed by atoms with Crippen molar-refractivity contribution in [2.45, 2.75) is 37.9 Å². The van der Waals surface area contributed by atoms with Crippen molar-refractivity contribution in [3.63, 3.8) is 0 Å². The van der Waals surface area contributed by atoms with Gasteiger partial charge in [0.1, 0.15) is 0 Å². The Morgan fingerprint density at radius 1 is 1.19 bits per heavy atom. The van der Waals surface area contributed by atoms with Gasteiger partial charge in [0.2, 0.25) is 5.79 Å². The van der Waals surface area contributed by atoms with E-state index < -0.39 is 5.79 Å². The summed E-state index contributed by atoms with van der Waals surface area (Å²) in [6, 6.07) is 6.20. The molecule has 16 heavy (non-hydrogen) atoms. The fourth-order valence-corrected chi connectivity index (χ4v) is 2.31. The number of ether oxygens (including phenoxy) is 2. The van der Waals surface area contributed by atoms with Gasteiger partial charge < -0.3 is 15.2 Å². The first-order valence-corrected chi connectivity index (χ1v) is 5.77. The molecular weight excluding hydrogens is 202 g/mol. The Morgan fingerprint density at radius 2 is 1.88 bits per heavy atom. The first kappa shape index (κ1) is 9.97. The van der Waals surface area contributed by atoms with Crippen LogP contribution in [0.25, 0.3) is 0 Å². The number of hydrogen-bond acceptors (Lipinski definition) is 3. The van der Waals surface area contributed by atoms with E-state index in [1.54, 1.807) is 0 Å². The van der Waals surface area contributed by atoms with Crippen molar-refractivity contribution in [3.05, 3.63) is 23.8 Å². The van der Waals surface area contributed by atoms with Gasteiger partial charge in [0.15, 0.2) is 11.5 Å². The highest BCUT2D eigenvalue weighted by molar-refractivity contribution is 5.49. The van der Waals surface area contributed by atoms with Gasteiger partial charge in [-0.05, 0) is 30.5 Å². The third-order valence-electron chi connectivity index (χ3n) is 3.51. The second kappa shape index (κ2) is 2.92. The fraction of sp³-hybridized carbons (Fsp3) is 0.538. The number of rotatable bonds is 2. The molecule has 0 bridgehead atoms. The molecule has 1 aromatic carbocycles. The summed E-state index contributed by atoms with van der Waals surface area (Å²) in [6.45, 7) is 4.56. The molecule has 1 aliphatic heterocycles. The predicted molar refractivity (Wildman–Crippen MR) is 61.7 cm³/mol. The molecule has 0 radical (unpaired) electrons. The maximum atomic E-state index is 5.83. The molecule has 86 valence electrons. The van der Waals surface area contributed by atoms with Crippen molar-refractivity contribution >= 4 is 0 Å². The molecule has 1 aliphatic carbocycles. The minimum atomic E-state index is -0.541. The third-order valence-corrected chi connectivity index (χ3v) is 3.51. The second-order valence-electron chi connectivity index (χ2n) is 5.25. The van der Waals surface area contributed by atoms with Crippen molar-refractivity contribution < 1.29 is 9.47 Å². The summed E-state index contributed by atoms with van der Waals surface area (Å²) in [6.07, 6.45) is 2.37. The van der Waals surface area contributed by atoms with Gasteiger partial charge in [0.25, 0.3) is 0 Å². The molecule has 1 fully saturated rings. The van der Waals surface area contributed by atoms with E-state index in [1.165, 1.54) is 18.4 Å². The van der Waals surface area contributed by atoms with E-state index in [-0.39, 0.29) is 5.41 Å².